The van der Waals surface area contributed by atoms with Crippen LogP contribution in [0.3, 0.4) is 0 Å². The number of benzene rings is 1. The number of fused-ring (bicyclic) bond motifs is 1. The molecule has 6 heteroatoms. The van der Waals surface area contributed by atoms with E-state index in [0.717, 1.165) is 33.9 Å². The number of aromatic nitrogens is 4. The lowest BCUT2D eigenvalue weighted by Gasteiger charge is -2.09. The van der Waals surface area contributed by atoms with Gasteiger partial charge in [0.1, 0.15) is 23.2 Å². The molecule has 0 atom stereocenters. The van der Waals surface area contributed by atoms with Crippen LogP contribution in [0.2, 0.25) is 0 Å². The molecule has 0 radical (unpaired) electrons. The van der Waals surface area contributed by atoms with E-state index >= 15 is 0 Å². The molecule has 0 spiro atoms. The Balaban J connectivity index is 2.03. The van der Waals surface area contributed by atoms with Crippen LogP contribution >= 0.6 is 0 Å². The Bertz CT molecular complexity index is 809. The molecule has 2 aromatic heterocycles. The van der Waals surface area contributed by atoms with E-state index in [1.807, 2.05) is 42.8 Å². The standard InChI is InChI=1S/C15H17N5O/c1-9-17-10(2)20(19-9)8-12-6-11-4-5-13(21-3)7-14(11)18-15(12)16/h4-7H,8H2,1-3H3,(H2,16,18). The van der Waals surface area contributed by atoms with Crippen molar-refractivity contribution >= 4 is 16.7 Å². The van der Waals surface area contributed by atoms with Crippen molar-refractivity contribution in [1.29, 1.82) is 0 Å². The normalized spacial score (nSPS) is 11.0. The zero-order valence-electron chi connectivity index (χ0n) is 12.3. The second-order valence-corrected chi connectivity index (χ2v) is 4.96. The molecule has 0 saturated carbocycles. The number of aryl methyl sites for hydroxylation is 2. The van der Waals surface area contributed by atoms with E-state index in [-0.39, 0.29) is 0 Å². The van der Waals surface area contributed by atoms with Gasteiger partial charge in [-0.1, -0.05) is 0 Å². The molecule has 0 aliphatic carbocycles. The van der Waals surface area contributed by atoms with Gasteiger partial charge in [0.2, 0.25) is 0 Å². The van der Waals surface area contributed by atoms with Gasteiger partial charge in [-0.25, -0.2) is 14.6 Å². The minimum atomic E-state index is 0.503. The van der Waals surface area contributed by atoms with Gasteiger partial charge in [0, 0.05) is 17.0 Å². The maximum atomic E-state index is 6.07. The van der Waals surface area contributed by atoms with E-state index in [1.165, 1.54) is 0 Å². The smallest absolute Gasteiger partial charge is 0.147 e. The fourth-order valence-electron chi connectivity index (χ4n) is 2.33. The van der Waals surface area contributed by atoms with Crippen LogP contribution in [-0.2, 0) is 6.54 Å². The number of anilines is 1. The number of ether oxygens (including phenoxy) is 1. The maximum absolute atomic E-state index is 6.07. The van der Waals surface area contributed by atoms with Crippen molar-refractivity contribution in [2.45, 2.75) is 20.4 Å². The Kier molecular flexibility index (Phi) is 3.21. The fourth-order valence-corrected chi connectivity index (χ4v) is 2.33. The van der Waals surface area contributed by atoms with Gasteiger partial charge in [-0.2, -0.15) is 5.10 Å². The van der Waals surface area contributed by atoms with Crippen LogP contribution in [0.15, 0.2) is 24.3 Å². The molecule has 2 N–H and O–H groups in total. The molecule has 0 amide bonds. The summed E-state index contributed by atoms with van der Waals surface area (Å²) < 4.78 is 7.03. The molecular formula is C15H17N5O. The van der Waals surface area contributed by atoms with Gasteiger partial charge < -0.3 is 10.5 Å². The van der Waals surface area contributed by atoms with Crippen LogP contribution in [0.1, 0.15) is 17.2 Å². The summed E-state index contributed by atoms with van der Waals surface area (Å²) in [6.45, 7) is 4.36. The number of nitrogens with zero attached hydrogens (tertiary/aromatic N) is 4. The van der Waals surface area contributed by atoms with Crippen molar-refractivity contribution in [2.75, 3.05) is 12.8 Å². The number of hydrogen-bond acceptors (Lipinski definition) is 5. The highest BCUT2D eigenvalue weighted by molar-refractivity contribution is 5.82. The van der Waals surface area contributed by atoms with Crippen molar-refractivity contribution < 1.29 is 4.74 Å². The fraction of sp³-hybridized carbons (Fsp3) is 0.267. The molecule has 1 aromatic carbocycles. The number of methoxy groups -OCH3 is 1. The molecule has 0 aliphatic heterocycles. The first kappa shape index (κ1) is 13.4. The van der Waals surface area contributed by atoms with Crippen molar-refractivity contribution in [3.63, 3.8) is 0 Å². The molecular weight excluding hydrogens is 266 g/mol. The lowest BCUT2D eigenvalue weighted by Crippen LogP contribution is -2.08. The first-order chi connectivity index (χ1) is 10.1. The monoisotopic (exact) mass is 283 g/mol. The van der Waals surface area contributed by atoms with E-state index in [9.17, 15) is 0 Å². The average Bonchev–Trinajstić information content (AvgIpc) is 2.77. The third-order valence-corrected chi connectivity index (χ3v) is 3.42. The maximum Gasteiger partial charge on any atom is 0.147 e. The summed E-state index contributed by atoms with van der Waals surface area (Å²) in [5.41, 5.74) is 7.82. The van der Waals surface area contributed by atoms with Crippen molar-refractivity contribution in [3.8, 4) is 5.75 Å². The summed E-state index contributed by atoms with van der Waals surface area (Å²) in [6, 6.07) is 7.80. The summed E-state index contributed by atoms with van der Waals surface area (Å²) in [5.74, 6) is 2.89. The van der Waals surface area contributed by atoms with Crippen LogP contribution in [0.25, 0.3) is 10.9 Å². The molecule has 3 aromatic rings. The van der Waals surface area contributed by atoms with Gasteiger partial charge >= 0.3 is 0 Å². The Morgan fingerprint density at radius 2 is 2.00 bits per heavy atom. The highest BCUT2D eigenvalue weighted by Gasteiger charge is 2.09. The summed E-state index contributed by atoms with van der Waals surface area (Å²) in [5, 5.41) is 5.38. The van der Waals surface area contributed by atoms with E-state index in [2.05, 4.69) is 15.1 Å². The molecule has 21 heavy (non-hydrogen) atoms. The molecule has 0 aliphatic rings. The third kappa shape index (κ3) is 2.52. The number of hydrogen-bond donors (Lipinski definition) is 1. The molecule has 0 unspecified atom stereocenters. The van der Waals surface area contributed by atoms with E-state index in [1.54, 1.807) is 7.11 Å². The van der Waals surface area contributed by atoms with Crippen LogP contribution < -0.4 is 10.5 Å². The Hall–Kier alpha value is -2.63. The zero-order chi connectivity index (χ0) is 15.0. The minimum Gasteiger partial charge on any atom is -0.497 e. The molecule has 108 valence electrons. The predicted octanol–water partition coefficient (Wildman–Crippen LogP) is 2.08. The van der Waals surface area contributed by atoms with E-state index in [4.69, 9.17) is 10.5 Å². The van der Waals surface area contributed by atoms with Crippen molar-refractivity contribution in [3.05, 3.63) is 41.5 Å². The minimum absolute atomic E-state index is 0.503. The summed E-state index contributed by atoms with van der Waals surface area (Å²) in [7, 11) is 1.63. The molecule has 0 bridgehead atoms. The van der Waals surface area contributed by atoms with Gasteiger partial charge in [0.05, 0.1) is 19.2 Å². The molecule has 6 nitrogen and oxygen atoms in total. The van der Waals surface area contributed by atoms with E-state index in [0.29, 0.717) is 12.4 Å². The highest BCUT2D eigenvalue weighted by Crippen LogP contribution is 2.23. The van der Waals surface area contributed by atoms with Crippen molar-refractivity contribution in [2.24, 2.45) is 0 Å². The SMILES string of the molecule is COc1ccc2cc(Cn3nc(C)nc3C)c(N)nc2c1. The van der Waals surface area contributed by atoms with Crippen LogP contribution in [0, 0.1) is 13.8 Å². The molecule has 2 heterocycles. The molecule has 3 rings (SSSR count). The van der Waals surface area contributed by atoms with Crippen LogP contribution in [0.5, 0.6) is 5.75 Å². The van der Waals surface area contributed by atoms with Gasteiger partial charge in [0.25, 0.3) is 0 Å². The van der Waals surface area contributed by atoms with Gasteiger partial charge in [0.15, 0.2) is 0 Å². The Labute approximate surface area is 122 Å². The Morgan fingerprint density at radius 3 is 2.67 bits per heavy atom. The quantitative estimate of drug-likeness (QED) is 0.796. The predicted molar refractivity (Wildman–Crippen MR) is 81.3 cm³/mol. The average molecular weight is 283 g/mol. The second kappa shape index (κ2) is 5.05. The van der Waals surface area contributed by atoms with Crippen molar-refractivity contribution in [1.82, 2.24) is 19.7 Å². The summed E-state index contributed by atoms with van der Waals surface area (Å²) in [6.07, 6.45) is 0. The van der Waals surface area contributed by atoms with Crippen LogP contribution in [0.4, 0.5) is 5.82 Å². The number of pyridine rings is 1. The van der Waals surface area contributed by atoms with Gasteiger partial charge in [-0.05, 0) is 32.0 Å². The second-order valence-electron chi connectivity index (χ2n) is 4.96. The van der Waals surface area contributed by atoms with Gasteiger partial charge in [-0.3, -0.25) is 0 Å². The summed E-state index contributed by atoms with van der Waals surface area (Å²) in [4.78, 5) is 8.75. The largest absolute Gasteiger partial charge is 0.497 e. The number of nitrogens with two attached hydrogens (primary N) is 1. The third-order valence-electron chi connectivity index (χ3n) is 3.42. The lowest BCUT2D eigenvalue weighted by molar-refractivity contribution is 0.415. The van der Waals surface area contributed by atoms with Gasteiger partial charge in [-0.15, -0.1) is 0 Å². The molecule has 0 fully saturated rings. The number of rotatable bonds is 3. The Morgan fingerprint density at radius 1 is 1.19 bits per heavy atom. The topological polar surface area (TPSA) is 78.8 Å². The van der Waals surface area contributed by atoms with Crippen LogP contribution in [-0.4, -0.2) is 26.9 Å². The first-order valence-corrected chi connectivity index (χ1v) is 6.68. The van der Waals surface area contributed by atoms with E-state index < -0.39 is 0 Å². The first-order valence-electron chi connectivity index (χ1n) is 6.68. The highest BCUT2D eigenvalue weighted by atomic mass is 16.5. The number of nitrogen functional groups attached to an aromatic ring is 1. The lowest BCUT2D eigenvalue weighted by atomic mass is 10.1. The molecule has 0 saturated heterocycles. The zero-order valence-corrected chi connectivity index (χ0v) is 12.3. The summed E-state index contributed by atoms with van der Waals surface area (Å²) >= 11 is 0.